The van der Waals surface area contributed by atoms with Gasteiger partial charge >= 0.3 is 0 Å². The van der Waals surface area contributed by atoms with E-state index in [4.69, 9.17) is 9.47 Å². The molecule has 2 aromatic rings. The molecule has 1 saturated heterocycles. The summed E-state index contributed by atoms with van der Waals surface area (Å²) in [4.78, 5) is 25.8. The molecule has 9 heteroatoms. The summed E-state index contributed by atoms with van der Waals surface area (Å²) in [6.45, 7) is 2.92. The third-order valence-electron chi connectivity index (χ3n) is 5.37. The Morgan fingerprint density at radius 2 is 1.71 bits per heavy atom. The van der Waals surface area contributed by atoms with E-state index in [0.717, 1.165) is 32.4 Å². The molecule has 2 aromatic carbocycles. The van der Waals surface area contributed by atoms with E-state index in [-0.39, 0.29) is 28.9 Å². The number of carbonyl (C=O) groups is 2. The molecule has 1 atom stereocenters. The molecule has 2 heterocycles. The van der Waals surface area contributed by atoms with E-state index in [0.29, 0.717) is 17.0 Å². The van der Waals surface area contributed by atoms with Crippen LogP contribution >= 0.6 is 0 Å². The van der Waals surface area contributed by atoms with E-state index >= 15 is 0 Å². The molecular formula is C22H24N2O6S. The number of piperidine rings is 1. The molecule has 1 amide bonds. The van der Waals surface area contributed by atoms with Gasteiger partial charge in [-0.25, -0.2) is 8.42 Å². The number of hydrogen-bond acceptors (Lipinski definition) is 6. The highest BCUT2D eigenvalue weighted by Crippen LogP contribution is 2.35. The first-order valence-corrected chi connectivity index (χ1v) is 11.7. The molecule has 0 aromatic heterocycles. The molecule has 0 unspecified atom stereocenters. The second-order valence-electron chi connectivity index (χ2n) is 7.65. The van der Waals surface area contributed by atoms with E-state index in [1.807, 2.05) is 0 Å². The maximum Gasteiger partial charge on any atom is 0.267 e. The van der Waals surface area contributed by atoms with Crippen LogP contribution in [0.15, 0.2) is 47.4 Å². The van der Waals surface area contributed by atoms with E-state index < -0.39 is 16.1 Å². The minimum Gasteiger partial charge on any atom is -0.485 e. The van der Waals surface area contributed by atoms with Gasteiger partial charge in [-0.3, -0.25) is 14.3 Å². The number of amides is 1. The summed E-state index contributed by atoms with van der Waals surface area (Å²) in [5.74, 6) is 0.417. The summed E-state index contributed by atoms with van der Waals surface area (Å²) in [5.41, 5.74) is 0.836. The predicted molar refractivity (Wildman–Crippen MR) is 114 cm³/mol. The van der Waals surface area contributed by atoms with Crippen molar-refractivity contribution in [2.45, 2.75) is 37.2 Å². The number of fused-ring (bicyclic) bond motifs is 1. The number of ketones is 1. The zero-order chi connectivity index (χ0) is 22.0. The first-order valence-electron chi connectivity index (χ1n) is 10.2. The lowest BCUT2D eigenvalue weighted by Gasteiger charge is -2.32. The Hall–Kier alpha value is -3.07. The number of anilines is 1. The van der Waals surface area contributed by atoms with Gasteiger partial charge in [-0.2, -0.15) is 0 Å². The zero-order valence-electron chi connectivity index (χ0n) is 17.2. The molecule has 8 nitrogen and oxygen atoms in total. The summed E-state index contributed by atoms with van der Waals surface area (Å²) in [6.07, 6.45) is 2.37. The van der Waals surface area contributed by atoms with Crippen LogP contribution in [-0.2, 0) is 14.8 Å². The Labute approximate surface area is 181 Å². The van der Waals surface area contributed by atoms with Crippen molar-refractivity contribution in [2.75, 3.05) is 24.4 Å². The number of benzene rings is 2. The van der Waals surface area contributed by atoms with Gasteiger partial charge in [0, 0.05) is 30.4 Å². The van der Waals surface area contributed by atoms with Crippen LogP contribution in [0.1, 0.15) is 36.5 Å². The van der Waals surface area contributed by atoms with Gasteiger partial charge in [-0.1, -0.05) is 0 Å². The minimum atomic E-state index is -3.87. The van der Waals surface area contributed by atoms with Crippen molar-refractivity contribution in [3.63, 3.8) is 0 Å². The second-order valence-corrected chi connectivity index (χ2v) is 9.33. The van der Waals surface area contributed by atoms with Crippen molar-refractivity contribution >= 4 is 27.4 Å². The fourth-order valence-corrected chi connectivity index (χ4v) is 4.72. The van der Waals surface area contributed by atoms with Gasteiger partial charge in [0.2, 0.25) is 6.10 Å². The normalized spacial score (nSPS) is 18.4. The Bertz CT molecular complexity index is 1090. The van der Waals surface area contributed by atoms with Crippen molar-refractivity contribution in [1.29, 1.82) is 0 Å². The van der Waals surface area contributed by atoms with Crippen LogP contribution in [0.5, 0.6) is 11.5 Å². The Morgan fingerprint density at radius 3 is 2.39 bits per heavy atom. The van der Waals surface area contributed by atoms with Crippen LogP contribution < -0.4 is 14.2 Å². The minimum absolute atomic E-state index is 0.00583. The molecule has 0 radical (unpaired) electrons. The summed E-state index contributed by atoms with van der Waals surface area (Å²) >= 11 is 0. The summed E-state index contributed by atoms with van der Waals surface area (Å²) in [7, 11) is -3.87. The fraction of sp³-hybridized carbons (Fsp3) is 0.364. The number of rotatable bonds is 5. The zero-order valence-corrected chi connectivity index (χ0v) is 18.0. The van der Waals surface area contributed by atoms with E-state index in [2.05, 4.69) is 4.72 Å². The number of carbonyl (C=O) groups excluding carboxylic acids is 2. The van der Waals surface area contributed by atoms with E-state index in [1.54, 1.807) is 17.0 Å². The second kappa shape index (κ2) is 8.58. The number of ether oxygens (including phenoxy) is 2. The third-order valence-corrected chi connectivity index (χ3v) is 6.75. The average molecular weight is 445 g/mol. The number of hydrogen-bond donors (Lipinski definition) is 1. The number of sulfonamides is 1. The maximum atomic E-state index is 12.8. The number of nitrogens with zero attached hydrogens (tertiary/aromatic N) is 1. The maximum absolute atomic E-state index is 12.8. The molecule has 0 aliphatic carbocycles. The summed E-state index contributed by atoms with van der Waals surface area (Å²) in [5, 5.41) is 0. The summed E-state index contributed by atoms with van der Waals surface area (Å²) < 4.78 is 39.5. The van der Waals surface area contributed by atoms with Crippen LogP contribution in [0.25, 0.3) is 0 Å². The monoisotopic (exact) mass is 444 g/mol. The van der Waals surface area contributed by atoms with Gasteiger partial charge in [0.15, 0.2) is 17.3 Å². The average Bonchev–Trinajstić information content (AvgIpc) is 2.78. The Balaban J connectivity index is 1.47. The fourth-order valence-electron chi connectivity index (χ4n) is 3.65. The SMILES string of the molecule is CC(=O)c1ccc(NS(=O)(=O)c2ccc3c(c2)OC[C@H](C(=O)N2CCCCC2)O3)cc1. The quantitative estimate of drug-likeness (QED) is 0.712. The van der Waals surface area contributed by atoms with Crippen molar-refractivity contribution in [3.8, 4) is 11.5 Å². The van der Waals surface area contributed by atoms with Crippen molar-refractivity contribution < 1.29 is 27.5 Å². The number of Topliss-reactive ketones (excluding diaryl/α,β-unsaturated/α-hetero) is 1. The smallest absolute Gasteiger partial charge is 0.267 e. The van der Waals surface area contributed by atoms with Gasteiger partial charge < -0.3 is 14.4 Å². The molecule has 31 heavy (non-hydrogen) atoms. The molecule has 2 aliphatic rings. The molecule has 0 spiro atoms. The van der Waals surface area contributed by atoms with E-state index in [9.17, 15) is 18.0 Å². The highest BCUT2D eigenvalue weighted by molar-refractivity contribution is 7.92. The Morgan fingerprint density at radius 1 is 1.00 bits per heavy atom. The highest BCUT2D eigenvalue weighted by atomic mass is 32.2. The van der Waals surface area contributed by atoms with Crippen LogP contribution in [0, 0.1) is 0 Å². The van der Waals surface area contributed by atoms with Gasteiger partial charge in [0.05, 0.1) is 4.90 Å². The van der Waals surface area contributed by atoms with Gasteiger partial charge in [-0.05, 0) is 62.6 Å². The van der Waals surface area contributed by atoms with Crippen LogP contribution in [0.4, 0.5) is 5.69 Å². The molecule has 1 N–H and O–H groups in total. The number of nitrogens with one attached hydrogen (secondary N) is 1. The topological polar surface area (TPSA) is 102 Å². The standard InChI is InChI=1S/C22H24N2O6S/c1-15(25)16-5-7-17(8-6-16)23-31(27,28)18-9-10-19-20(13-18)29-14-21(30-19)22(26)24-11-3-2-4-12-24/h5-10,13,21,23H,2-4,11-12,14H2,1H3/t21-/m1/s1. The van der Waals surface area contributed by atoms with Crippen LogP contribution in [-0.4, -0.2) is 50.8 Å². The van der Waals surface area contributed by atoms with E-state index in [1.165, 1.54) is 37.3 Å². The van der Waals surface area contributed by atoms with Crippen LogP contribution in [0.3, 0.4) is 0 Å². The number of likely N-dealkylation sites (tertiary alicyclic amines) is 1. The molecular weight excluding hydrogens is 420 g/mol. The van der Waals surface area contributed by atoms with Gasteiger partial charge in [0.25, 0.3) is 15.9 Å². The van der Waals surface area contributed by atoms with Crippen molar-refractivity contribution in [1.82, 2.24) is 4.90 Å². The third kappa shape index (κ3) is 4.66. The van der Waals surface area contributed by atoms with Gasteiger partial charge in [-0.15, -0.1) is 0 Å². The Kier molecular flexibility index (Phi) is 5.86. The van der Waals surface area contributed by atoms with Crippen molar-refractivity contribution in [3.05, 3.63) is 48.0 Å². The first kappa shape index (κ1) is 21.2. The first-order chi connectivity index (χ1) is 14.8. The largest absolute Gasteiger partial charge is 0.485 e. The lowest BCUT2D eigenvalue weighted by atomic mass is 10.1. The lowest BCUT2D eigenvalue weighted by Crippen LogP contribution is -2.48. The predicted octanol–water partition coefficient (Wildman–Crippen LogP) is 2.84. The molecule has 0 bridgehead atoms. The molecule has 0 saturated carbocycles. The molecule has 164 valence electrons. The molecule has 2 aliphatic heterocycles. The lowest BCUT2D eigenvalue weighted by molar-refractivity contribution is -0.142. The highest BCUT2D eigenvalue weighted by Gasteiger charge is 2.32. The van der Waals surface area contributed by atoms with Crippen molar-refractivity contribution in [2.24, 2.45) is 0 Å². The molecule has 4 rings (SSSR count). The molecule has 1 fully saturated rings. The summed E-state index contributed by atoms with van der Waals surface area (Å²) in [6, 6.07) is 10.5. The van der Waals surface area contributed by atoms with Crippen LogP contribution in [0.2, 0.25) is 0 Å². The van der Waals surface area contributed by atoms with Gasteiger partial charge in [0.1, 0.15) is 6.61 Å².